The van der Waals surface area contributed by atoms with Crippen LogP contribution in [0.2, 0.25) is 0 Å². The lowest BCUT2D eigenvalue weighted by atomic mass is 9.93. The average molecular weight is 341 g/mol. The minimum Gasteiger partial charge on any atom is -0.388 e. The molecular formula is C20H27N3O2. The van der Waals surface area contributed by atoms with E-state index in [-0.39, 0.29) is 24.5 Å². The van der Waals surface area contributed by atoms with E-state index in [9.17, 15) is 9.90 Å². The van der Waals surface area contributed by atoms with E-state index in [1.165, 1.54) is 0 Å². The number of amides is 2. The molecule has 5 heteroatoms. The van der Waals surface area contributed by atoms with Crippen molar-refractivity contribution in [2.75, 3.05) is 6.54 Å². The van der Waals surface area contributed by atoms with Gasteiger partial charge < -0.3 is 15.7 Å². The zero-order chi connectivity index (χ0) is 18.4. The van der Waals surface area contributed by atoms with Gasteiger partial charge in [-0.25, -0.2) is 4.79 Å². The second-order valence-corrected chi connectivity index (χ2v) is 6.92. The minimum absolute atomic E-state index is 0.0604. The molecule has 1 aromatic carbocycles. The van der Waals surface area contributed by atoms with Gasteiger partial charge in [0, 0.05) is 18.9 Å². The summed E-state index contributed by atoms with van der Waals surface area (Å²) in [7, 11) is 0. The summed E-state index contributed by atoms with van der Waals surface area (Å²) < 4.78 is 0. The molecule has 0 aliphatic heterocycles. The minimum atomic E-state index is -0.925. The Kier molecular flexibility index (Phi) is 6.15. The Balaban J connectivity index is 1.92. The third-order valence-electron chi connectivity index (χ3n) is 4.60. The Morgan fingerprint density at radius 3 is 2.40 bits per heavy atom. The van der Waals surface area contributed by atoms with Gasteiger partial charge in [-0.2, -0.15) is 0 Å². The fraction of sp³-hybridized carbons (Fsp3) is 0.400. The summed E-state index contributed by atoms with van der Waals surface area (Å²) in [6, 6.07) is 11.5. The maximum atomic E-state index is 12.0. The molecule has 0 saturated carbocycles. The summed E-state index contributed by atoms with van der Waals surface area (Å²) in [6.45, 7) is 7.71. The largest absolute Gasteiger partial charge is 0.388 e. The molecule has 2 unspecified atom stereocenters. The molecule has 0 spiro atoms. The molecule has 0 fully saturated rings. The Morgan fingerprint density at radius 2 is 1.84 bits per heavy atom. The predicted octanol–water partition coefficient (Wildman–Crippen LogP) is 3.52. The first-order valence-corrected chi connectivity index (χ1v) is 8.56. The number of benzene rings is 1. The van der Waals surface area contributed by atoms with Gasteiger partial charge in [0.2, 0.25) is 0 Å². The summed E-state index contributed by atoms with van der Waals surface area (Å²) in [5.74, 6) is 0.0604. The number of pyridine rings is 1. The van der Waals surface area contributed by atoms with Gasteiger partial charge >= 0.3 is 6.03 Å². The van der Waals surface area contributed by atoms with Crippen LogP contribution in [0.3, 0.4) is 0 Å². The van der Waals surface area contributed by atoms with Gasteiger partial charge in [0.15, 0.2) is 0 Å². The summed E-state index contributed by atoms with van der Waals surface area (Å²) in [5, 5.41) is 15.8. The molecular weight excluding hydrogens is 314 g/mol. The highest BCUT2D eigenvalue weighted by atomic mass is 16.3. The number of rotatable bonds is 6. The molecule has 0 radical (unpaired) electrons. The number of nitrogens with one attached hydrogen (secondary N) is 2. The van der Waals surface area contributed by atoms with Crippen molar-refractivity contribution >= 4 is 6.03 Å². The molecule has 0 bridgehead atoms. The SMILES string of the molecule is CC(NC(=O)NCC(C)(O)C(C)C)c1ccc(-c2cccnc2)cc1. The number of nitrogens with zero attached hydrogens (tertiary/aromatic N) is 1. The van der Waals surface area contributed by atoms with Crippen LogP contribution in [0.15, 0.2) is 48.8 Å². The Hall–Kier alpha value is -2.40. The molecule has 134 valence electrons. The average Bonchev–Trinajstić information content (AvgIpc) is 2.61. The standard InChI is InChI=1S/C20H27N3O2/c1-14(2)20(4,25)13-22-19(24)23-15(3)16-7-9-17(10-8-16)18-6-5-11-21-12-18/h5-12,14-15,25H,13H2,1-4H3,(H2,22,23,24). The zero-order valence-corrected chi connectivity index (χ0v) is 15.3. The van der Waals surface area contributed by atoms with Gasteiger partial charge in [0.1, 0.15) is 0 Å². The highest BCUT2D eigenvalue weighted by molar-refractivity contribution is 5.74. The van der Waals surface area contributed by atoms with Crippen molar-refractivity contribution in [3.05, 3.63) is 54.4 Å². The Labute approximate surface area is 149 Å². The number of carbonyl (C=O) groups excluding carboxylic acids is 1. The first kappa shape index (κ1) is 18.9. The zero-order valence-electron chi connectivity index (χ0n) is 15.3. The molecule has 1 aromatic heterocycles. The van der Waals surface area contributed by atoms with E-state index >= 15 is 0 Å². The van der Waals surface area contributed by atoms with E-state index < -0.39 is 5.60 Å². The highest BCUT2D eigenvalue weighted by Crippen LogP contribution is 2.21. The lowest BCUT2D eigenvalue weighted by molar-refractivity contribution is 0.0165. The van der Waals surface area contributed by atoms with Gasteiger partial charge in [-0.1, -0.05) is 44.2 Å². The summed E-state index contributed by atoms with van der Waals surface area (Å²) in [5.41, 5.74) is 2.23. The lowest BCUT2D eigenvalue weighted by Gasteiger charge is -2.28. The Bertz CT molecular complexity index is 682. The third-order valence-corrected chi connectivity index (χ3v) is 4.60. The van der Waals surface area contributed by atoms with Crippen molar-refractivity contribution in [1.82, 2.24) is 15.6 Å². The topological polar surface area (TPSA) is 74.2 Å². The van der Waals surface area contributed by atoms with Gasteiger partial charge in [-0.15, -0.1) is 0 Å². The van der Waals surface area contributed by atoms with Crippen LogP contribution in [0.1, 0.15) is 39.3 Å². The van der Waals surface area contributed by atoms with Crippen molar-refractivity contribution in [2.24, 2.45) is 5.92 Å². The van der Waals surface area contributed by atoms with Gasteiger partial charge in [0.25, 0.3) is 0 Å². The van der Waals surface area contributed by atoms with Gasteiger partial charge in [-0.05, 0) is 42.5 Å². The van der Waals surface area contributed by atoms with Crippen LogP contribution in [0.4, 0.5) is 4.79 Å². The fourth-order valence-corrected chi connectivity index (χ4v) is 2.29. The first-order valence-electron chi connectivity index (χ1n) is 8.56. The molecule has 2 aromatic rings. The normalized spacial score (nSPS) is 14.6. The van der Waals surface area contributed by atoms with Crippen LogP contribution < -0.4 is 10.6 Å². The van der Waals surface area contributed by atoms with E-state index in [4.69, 9.17) is 0 Å². The van der Waals surface area contributed by atoms with E-state index in [0.29, 0.717) is 0 Å². The van der Waals surface area contributed by atoms with Crippen LogP contribution in [-0.4, -0.2) is 28.3 Å². The molecule has 25 heavy (non-hydrogen) atoms. The number of aliphatic hydroxyl groups is 1. The van der Waals surface area contributed by atoms with Crippen LogP contribution in [0.25, 0.3) is 11.1 Å². The maximum absolute atomic E-state index is 12.0. The quantitative estimate of drug-likeness (QED) is 0.752. The predicted molar refractivity (Wildman–Crippen MR) is 100 cm³/mol. The van der Waals surface area contributed by atoms with Crippen molar-refractivity contribution in [3.63, 3.8) is 0 Å². The van der Waals surface area contributed by atoms with E-state index in [1.807, 2.05) is 63.4 Å². The second kappa shape index (κ2) is 8.12. The van der Waals surface area contributed by atoms with E-state index in [1.54, 1.807) is 13.1 Å². The van der Waals surface area contributed by atoms with Crippen molar-refractivity contribution in [1.29, 1.82) is 0 Å². The molecule has 0 saturated heterocycles. The van der Waals surface area contributed by atoms with Crippen molar-refractivity contribution in [2.45, 2.75) is 39.3 Å². The first-order chi connectivity index (χ1) is 11.8. The molecule has 0 aliphatic rings. The molecule has 2 rings (SSSR count). The number of aromatic nitrogens is 1. The smallest absolute Gasteiger partial charge is 0.315 e. The Morgan fingerprint density at radius 1 is 1.16 bits per heavy atom. The third kappa shape index (κ3) is 5.29. The number of hydrogen-bond donors (Lipinski definition) is 3. The molecule has 1 heterocycles. The van der Waals surface area contributed by atoms with Crippen molar-refractivity contribution < 1.29 is 9.90 Å². The van der Waals surface area contributed by atoms with Crippen molar-refractivity contribution in [3.8, 4) is 11.1 Å². The number of urea groups is 1. The second-order valence-electron chi connectivity index (χ2n) is 6.92. The van der Waals surface area contributed by atoms with Crippen LogP contribution in [-0.2, 0) is 0 Å². The highest BCUT2D eigenvalue weighted by Gasteiger charge is 2.25. The van der Waals surface area contributed by atoms with Gasteiger partial charge in [0.05, 0.1) is 11.6 Å². The van der Waals surface area contributed by atoms with E-state index in [2.05, 4.69) is 15.6 Å². The maximum Gasteiger partial charge on any atom is 0.315 e. The molecule has 5 nitrogen and oxygen atoms in total. The molecule has 2 amide bonds. The summed E-state index contributed by atoms with van der Waals surface area (Å²) in [4.78, 5) is 16.2. The van der Waals surface area contributed by atoms with Crippen LogP contribution in [0.5, 0.6) is 0 Å². The fourth-order valence-electron chi connectivity index (χ4n) is 2.29. The number of carbonyl (C=O) groups is 1. The molecule has 3 N–H and O–H groups in total. The van der Waals surface area contributed by atoms with Gasteiger partial charge in [-0.3, -0.25) is 4.98 Å². The lowest BCUT2D eigenvalue weighted by Crippen LogP contribution is -2.47. The van der Waals surface area contributed by atoms with Crippen LogP contribution >= 0.6 is 0 Å². The van der Waals surface area contributed by atoms with Crippen LogP contribution in [0, 0.1) is 5.92 Å². The molecule has 0 aliphatic carbocycles. The monoisotopic (exact) mass is 341 g/mol. The van der Waals surface area contributed by atoms with E-state index in [0.717, 1.165) is 16.7 Å². The summed E-state index contributed by atoms with van der Waals surface area (Å²) >= 11 is 0. The number of hydrogen-bond acceptors (Lipinski definition) is 3. The summed E-state index contributed by atoms with van der Waals surface area (Å²) in [6.07, 6.45) is 3.57. The molecule has 2 atom stereocenters.